The summed E-state index contributed by atoms with van der Waals surface area (Å²) in [7, 11) is 0. The van der Waals surface area contributed by atoms with E-state index in [1.54, 1.807) is 0 Å². The molecular weight excluding hydrogens is 294 g/mol. The fourth-order valence-electron chi connectivity index (χ4n) is 1.03. The summed E-state index contributed by atoms with van der Waals surface area (Å²) in [6.45, 7) is 5.20. The highest BCUT2D eigenvalue weighted by Crippen LogP contribution is 2.19. The molecule has 0 aliphatic rings. The smallest absolute Gasteiger partial charge is 0.0208 e. The first kappa shape index (κ1) is 11.2. The molecule has 0 radical (unpaired) electrons. The van der Waals surface area contributed by atoms with Crippen LogP contribution < -0.4 is 5.32 Å². The number of benzene rings is 1. The van der Waals surface area contributed by atoms with Gasteiger partial charge in [0.1, 0.15) is 0 Å². The highest BCUT2D eigenvalue weighted by molar-refractivity contribution is 9.11. The second-order valence-corrected chi connectivity index (χ2v) is 5.14. The van der Waals surface area contributed by atoms with E-state index in [1.807, 2.05) is 6.07 Å². The van der Waals surface area contributed by atoms with Gasteiger partial charge in [-0.1, -0.05) is 45.7 Å². The fourth-order valence-corrected chi connectivity index (χ4v) is 2.42. The lowest BCUT2D eigenvalue weighted by Gasteiger charge is -2.08. The van der Waals surface area contributed by atoms with Crippen molar-refractivity contribution in [1.29, 1.82) is 0 Å². The minimum atomic E-state index is 0.526. The average Bonchev–Trinajstić information content (AvgIpc) is 1.99. The minimum absolute atomic E-state index is 0.526. The first-order valence-electron chi connectivity index (χ1n) is 4.26. The van der Waals surface area contributed by atoms with Crippen molar-refractivity contribution in [3.05, 3.63) is 32.7 Å². The van der Waals surface area contributed by atoms with Gasteiger partial charge in [0.25, 0.3) is 0 Å². The van der Waals surface area contributed by atoms with Gasteiger partial charge in [-0.15, -0.1) is 0 Å². The van der Waals surface area contributed by atoms with Crippen LogP contribution in [0.2, 0.25) is 0 Å². The summed E-state index contributed by atoms with van der Waals surface area (Å²) in [5.74, 6) is 0. The van der Waals surface area contributed by atoms with Crippen molar-refractivity contribution in [2.45, 2.75) is 26.4 Å². The highest BCUT2D eigenvalue weighted by atomic mass is 79.9. The van der Waals surface area contributed by atoms with Crippen LogP contribution in [0.5, 0.6) is 0 Å². The molecule has 0 saturated carbocycles. The van der Waals surface area contributed by atoms with Gasteiger partial charge in [-0.2, -0.15) is 0 Å². The maximum absolute atomic E-state index is 3.46. The van der Waals surface area contributed by atoms with Gasteiger partial charge in [0, 0.05) is 21.5 Å². The van der Waals surface area contributed by atoms with Gasteiger partial charge in [0.15, 0.2) is 0 Å². The van der Waals surface area contributed by atoms with Gasteiger partial charge in [-0.25, -0.2) is 0 Å². The van der Waals surface area contributed by atoms with Crippen molar-refractivity contribution < 1.29 is 0 Å². The van der Waals surface area contributed by atoms with E-state index in [0.29, 0.717) is 6.04 Å². The molecule has 0 spiro atoms. The Hall–Kier alpha value is 0.140. The molecule has 0 aromatic heterocycles. The van der Waals surface area contributed by atoms with Crippen LogP contribution in [0.25, 0.3) is 0 Å². The van der Waals surface area contributed by atoms with Crippen LogP contribution in [-0.4, -0.2) is 6.04 Å². The Morgan fingerprint density at radius 3 is 2.15 bits per heavy atom. The molecule has 0 fully saturated rings. The van der Waals surface area contributed by atoms with Crippen molar-refractivity contribution in [2.24, 2.45) is 0 Å². The zero-order valence-corrected chi connectivity index (χ0v) is 10.9. The van der Waals surface area contributed by atoms with Crippen molar-refractivity contribution in [3.63, 3.8) is 0 Å². The molecule has 1 aromatic rings. The number of hydrogen-bond donors (Lipinski definition) is 1. The maximum Gasteiger partial charge on any atom is 0.0208 e. The van der Waals surface area contributed by atoms with Crippen LogP contribution in [0.1, 0.15) is 19.4 Å². The summed E-state index contributed by atoms with van der Waals surface area (Å²) in [5.41, 5.74) is 1.29. The molecule has 1 N–H and O–H groups in total. The van der Waals surface area contributed by atoms with E-state index in [4.69, 9.17) is 0 Å². The summed E-state index contributed by atoms with van der Waals surface area (Å²) in [6.07, 6.45) is 0. The number of nitrogens with one attached hydrogen (secondary N) is 1. The van der Waals surface area contributed by atoms with Crippen LogP contribution in [0, 0.1) is 0 Å². The Balaban J connectivity index is 2.66. The van der Waals surface area contributed by atoms with E-state index >= 15 is 0 Å². The highest BCUT2D eigenvalue weighted by Gasteiger charge is 1.98. The second-order valence-electron chi connectivity index (χ2n) is 3.31. The molecule has 0 aliphatic heterocycles. The summed E-state index contributed by atoms with van der Waals surface area (Å²) in [6, 6.07) is 6.82. The van der Waals surface area contributed by atoms with Crippen molar-refractivity contribution in [1.82, 2.24) is 5.32 Å². The summed E-state index contributed by atoms with van der Waals surface area (Å²) >= 11 is 6.92. The zero-order valence-electron chi connectivity index (χ0n) is 7.77. The molecule has 1 aromatic carbocycles. The Morgan fingerprint density at radius 1 is 1.15 bits per heavy atom. The van der Waals surface area contributed by atoms with E-state index in [1.165, 1.54) is 5.56 Å². The maximum atomic E-state index is 3.46. The Kier molecular flexibility index (Phi) is 4.42. The van der Waals surface area contributed by atoms with Crippen LogP contribution in [0.4, 0.5) is 0 Å². The number of rotatable bonds is 3. The molecule has 3 heteroatoms. The molecule has 1 rings (SSSR count). The average molecular weight is 307 g/mol. The number of hydrogen-bond acceptors (Lipinski definition) is 1. The first-order chi connectivity index (χ1) is 6.08. The molecule has 0 bridgehead atoms. The van der Waals surface area contributed by atoms with Crippen LogP contribution in [0.15, 0.2) is 27.1 Å². The normalized spacial score (nSPS) is 10.8. The van der Waals surface area contributed by atoms with E-state index in [2.05, 4.69) is 63.2 Å². The van der Waals surface area contributed by atoms with Gasteiger partial charge in [0.05, 0.1) is 0 Å². The summed E-state index contributed by atoms with van der Waals surface area (Å²) in [5, 5.41) is 3.37. The third-order valence-corrected chi connectivity index (χ3v) is 2.55. The van der Waals surface area contributed by atoms with E-state index in [9.17, 15) is 0 Å². The number of halogens is 2. The Labute approximate surface area is 96.2 Å². The molecule has 0 aliphatic carbocycles. The summed E-state index contributed by atoms with van der Waals surface area (Å²) < 4.78 is 2.23. The van der Waals surface area contributed by atoms with Gasteiger partial charge in [0.2, 0.25) is 0 Å². The quantitative estimate of drug-likeness (QED) is 0.897. The van der Waals surface area contributed by atoms with Gasteiger partial charge >= 0.3 is 0 Å². The van der Waals surface area contributed by atoms with Gasteiger partial charge in [-0.05, 0) is 23.8 Å². The lowest BCUT2D eigenvalue weighted by atomic mass is 10.2. The van der Waals surface area contributed by atoms with Crippen molar-refractivity contribution in [2.75, 3.05) is 0 Å². The predicted molar refractivity (Wildman–Crippen MR) is 63.8 cm³/mol. The molecule has 0 heterocycles. The molecule has 72 valence electrons. The van der Waals surface area contributed by atoms with E-state index in [0.717, 1.165) is 15.5 Å². The fraction of sp³-hybridized carbons (Fsp3) is 0.400. The second kappa shape index (κ2) is 5.13. The molecule has 0 saturated heterocycles. The predicted octanol–water partition coefficient (Wildman–Crippen LogP) is 3.71. The van der Waals surface area contributed by atoms with Gasteiger partial charge in [-0.3, -0.25) is 0 Å². The molecule has 0 amide bonds. The third-order valence-electron chi connectivity index (χ3n) is 1.64. The van der Waals surface area contributed by atoms with Crippen molar-refractivity contribution in [3.8, 4) is 0 Å². The molecular formula is C10H13Br2N. The van der Waals surface area contributed by atoms with Crippen LogP contribution in [-0.2, 0) is 6.54 Å². The van der Waals surface area contributed by atoms with Gasteiger partial charge < -0.3 is 5.32 Å². The van der Waals surface area contributed by atoms with E-state index < -0.39 is 0 Å². The molecule has 13 heavy (non-hydrogen) atoms. The molecule has 0 unspecified atom stereocenters. The standard InChI is InChI=1S/C10H13Br2N/c1-7(2)13-6-8-3-9(11)5-10(12)4-8/h3-5,7,13H,6H2,1-2H3. The molecule has 1 nitrogen and oxygen atoms in total. The largest absolute Gasteiger partial charge is 0.310 e. The topological polar surface area (TPSA) is 12.0 Å². The monoisotopic (exact) mass is 305 g/mol. The minimum Gasteiger partial charge on any atom is -0.310 e. The lowest BCUT2D eigenvalue weighted by molar-refractivity contribution is 0.588. The lowest BCUT2D eigenvalue weighted by Crippen LogP contribution is -2.21. The SMILES string of the molecule is CC(C)NCc1cc(Br)cc(Br)c1. The Morgan fingerprint density at radius 2 is 1.69 bits per heavy atom. The van der Waals surface area contributed by atoms with Crippen LogP contribution >= 0.6 is 31.9 Å². The summed E-state index contributed by atoms with van der Waals surface area (Å²) in [4.78, 5) is 0. The first-order valence-corrected chi connectivity index (χ1v) is 5.85. The third kappa shape index (κ3) is 4.25. The van der Waals surface area contributed by atoms with E-state index in [-0.39, 0.29) is 0 Å². The Bertz CT molecular complexity index is 264. The molecule has 0 atom stereocenters. The zero-order chi connectivity index (χ0) is 9.84. The van der Waals surface area contributed by atoms with Crippen LogP contribution in [0.3, 0.4) is 0 Å². The van der Waals surface area contributed by atoms with Crippen molar-refractivity contribution >= 4 is 31.9 Å².